The Morgan fingerprint density at radius 3 is 2.61 bits per heavy atom. The Kier molecular flexibility index (Phi) is 4.90. The number of aromatic nitrogens is 1. The van der Waals surface area contributed by atoms with E-state index in [2.05, 4.69) is 4.98 Å². The van der Waals surface area contributed by atoms with Gasteiger partial charge in [-0.2, -0.15) is 0 Å². The fourth-order valence-corrected chi connectivity index (χ4v) is 6.53. The van der Waals surface area contributed by atoms with Crippen LogP contribution in [0.15, 0.2) is 22.5 Å². The normalized spacial score (nSPS) is 23.1. The van der Waals surface area contributed by atoms with E-state index in [1.54, 1.807) is 11.3 Å². The highest BCUT2D eigenvalue weighted by molar-refractivity contribution is 8.00. The lowest BCUT2D eigenvalue weighted by molar-refractivity contribution is -0.151. The molecule has 122 valence electrons. The Morgan fingerprint density at radius 2 is 2.00 bits per heavy atom. The van der Waals surface area contributed by atoms with Gasteiger partial charge in [0.25, 0.3) is 0 Å². The molecule has 3 atom stereocenters. The van der Waals surface area contributed by atoms with E-state index in [-0.39, 0.29) is 5.92 Å². The van der Waals surface area contributed by atoms with Crippen molar-refractivity contribution in [3.05, 3.63) is 31.2 Å². The minimum Gasteiger partial charge on any atom is -0.469 e. The number of thiophene rings is 1. The average molecular weight is 388 g/mol. The minimum absolute atomic E-state index is 0.263. The molecule has 0 amide bonds. The number of hydrogen-bond acceptors (Lipinski definition) is 8. The van der Waals surface area contributed by atoms with Gasteiger partial charge in [-0.3, -0.25) is 9.59 Å². The number of thioether (sulfide) groups is 1. The fourth-order valence-electron chi connectivity index (χ4n) is 2.64. The van der Waals surface area contributed by atoms with Crippen molar-refractivity contribution in [3.63, 3.8) is 0 Å². The van der Waals surface area contributed by atoms with Gasteiger partial charge in [0, 0.05) is 15.7 Å². The maximum Gasteiger partial charge on any atom is 0.320 e. The Bertz CT molecular complexity index is 779. The summed E-state index contributed by atoms with van der Waals surface area (Å²) in [5, 5.41) is 2.10. The molecule has 0 bridgehead atoms. The van der Waals surface area contributed by atoms with Crippen LogP contribution in [-0.2, 0) is 19.1 Å². The molecule has 0 radical (unpaired) electrons. The number of esters is 2. The average Bonchev–Trinajstić information content (AvgIpc) is 3.19. The van der Waals surface area contributed by atoms with Crippen LogP contribution in [0.5, 0.6) is 0 Å². The summed E-state index contributed by atoms with van der Waals surface area (Å²) >= 11 is 9.51. The van der Waals surface area contributed by atoms with E-state index < -0.39 is 23.1 Å². The Balaban J connectivity index is 2.18. The lowest BCUT2D eigenvalue weighted by Crippen LogP contribution is -2.40. The van der Waals surface area contributed by atoms with E-state index in [1.807, 2.05) is 17.5 Å². The zero-order valence-corrected chi connectivity index (χ0v) is 15.5. The van der Waals surface area contributed by atoms with Gasteiger partial charge in [-0.1, -0.05) is 17.8 Å². The Labute approximate surface area is 150 Å². The van der Waals surface area contributed by atoms with Gasteiger partial charge >= 0.3 is 11.9 Å². The molecule has 0 aliphatic carbocycles. The molecule has 3 unspecified atom stereocenters. The number of aromatic amines is 1. The standard InChI is InChI=1S/C14H13NO4S4/c1-18-12(16)8-7(6-4-3-5-21-6)9-11(15-14(20)23-9)22-10(8)13(17)19-2/h3-5,7-8,10H,1-2H3,(H,15,20). The van der Waals surface area contributed by atoms with Gasteiger partial charge in [-0.25, -0.2) is 0 Å². The van der Waals surface area contributed by atoms with Crippen LogP contribution in [-0.4, -0.2) is 36.4 Å². The summed E-state index contributed by atoms with van der Waals surface area (Å²) in [4.78, 5) is 29.8. The van der Waals surface area contributed by atoms with Gasteiger partial charge < -0.3 is 14.5 Å². The number of rotatable bonds is 3. The molecule has 1 N–H and O–H groups in total. The molecular formula is C14H13NO4S4. The smallest absolute Gasteiger partial charge is 0.320 e. The predicted octanol–water partition coefficient (Wildman–Crippen LogP) is 3.44. The summed E-state index contributed by atoms with van der Waals surface area (Å²) in [6.45, 7) is 0. The quantitative estimate of drug-likeness (QED) is 0.643. The van der Waals surface area contributed by atoms with Crippen molar-refractivity contribution in [1.29, 1.82) is 0 Å². The lowest BCUT2D eigenvalue weighted by atomic mass is 9.86. The summed E-state index contributed by atoms with van der Waals surface area (Å²) < 4.78 is 10.5. The first kappa shape index (κ1) is 16.7. The number of methoxy groups -OCH3 is 2. The van der Waals surface area contributed by atoms with Crippen LogP contribution in [0.4, 0.5) is 0 Å². The summed E-state index contributed by atoms with van der Waals surface area (Å²) in [6.07, 6.45) is 0. The van der Waals surface area contributed by atoms with Crippen molar-refractivity contribution in [3.8, 4) is 0 Å². The van der Waals surface area contributed by atoms with Crippen molar-refractivity contribution < 1.29 is 19.1 Å². The first-order valence-electron chi connectivity index (χ1n) is 6.65. The number of ether oxygens (including phenoxy) is 2. The van der Waals surface area contributed by atoms with Crippen LogP contribution in [0.25, 0.3) is 0 Å². The molecule has 0 fully saturated rings. The van der Waals surface area contributed by atoms with Gasteiger partial charge in [0.05, 0.1) is 25.2 Å². The summed E-state index contributed by atoms with van der Waals surface area (Å²) in [6, 6.07) is 3.89. The summed E-state index contributed by atoms with van der Waals surface area (Å²) in [5.41, 5.74) is 0. The van der Waals surface area contributed by atoms with Gasteiger partial charge in [-0.15, -0.1) is 22.7 Å². The first-order chi connectivity index (χ1) is 11.1. The van der Waals surface area contributed by atoms with Crippen LogP contribution >= 0.6 is 46.7 Å². The molecule has 3 rings (SSSR count). The van der Waals surface area contributed by atoms with Crippen molar-refractivity contribution in [2.24, 2.45) is 5.92 Å². The van der Waals surface area contributed by atoms with Crippen LogP contribution in [0, 0.1) is 9.87 Å². The van der Waals surface area contributed by atoms with E-state index in [9.17, 15) is 9.59 Å². The molecule has 3 heterocycles. The van der Waals surface area contributed by atoms with Crippen molar-refractivity contribution in [2.45, 2.75) is 16.2 Å². The second-order valence-electron chi connectivity index (χ2n) is 4.81. The number of nitrogens with one attached hydrogen (secondary N) is 1. The number of fused-ring (bicyclic) bond motifs is 1. The third-order valence-electron chi connectivity index (χ3n) is 3.61. The molecular weight excluding hydrogens is 374 g/mol. The molecule has 1 aliphatic rings. The monoisotopic (exact) mass is 387 g/mol. The molecule has 0 spiro atoms. The second kappa shape index (κ2) is 6.76. The summed E-state index contributed by atoms with van der Waals surface area (Å²) in [5.74, 6) is -1.77. The number of carbonyl (C=O) groups excluding carboxylic acids is 2. The topological polar surface area (TPSA) is 68.4 Å². The van der Waals surface area contributed by atoms with Crippen LogP contribution in [0.1, 0.15) is 15.7 Å². The van der Waals surface area contributed by atoms with E-state index in [1.165, 1.54) is 37.3 Å². The van der Waals surface area contributed by atoms with E-state index in [4.69, 9.17) is 21.7 Å². The second-order valence-corrected chi connectivity index (χ2v) is 8.66. The molecule has 0 aromatic carbocycles. The molecule has 23 heavy (non-hydrogen) atoms. The minimum atomic E-state index is -0.674. The first-order valence-corrected chi connectivity index (χ1v) is 9.64. The maximum atomic E-state index is 12.4. The summed E-state index contributed by atoms with van der Waals surface area (Å²) in [7, 11) is 2.66. The largest absolute Gasteiger partial charge is 0.469 e. The van der Waals surface area contributed by atoms with Crippen LogP contribution in [0.3, 0.4) is 0 Å². The van der Waals surface area contributed by atoms with Crippen molar-refractivity contribution >= 4 is 58.6 Å². The molecule has 5 nitrogen and oxygen atoms in total. The number of H-pyrrole nitrogens is 1. The van der Waals surface area contributed by atoms with Crippen LogP contribution < -0.4 is 0 Å². The molecule has 0 saturated carbocycles. The third-order valence-corrected chi connectivity index (χ3v) is 7.31. The van der Waals surface area contributed by atoms with E-state index in [0.717, 1.165) is 14.8 Å². The van der Waals surface area contributed by atoms with Gasteiger partial charge in [0.1, 0.15) is 5.25 Å². The predicted molar refractivity (Wildman–Crippen MR) is 92.8 cm³/mol. The molecule has 0 saturated heterocycles. The number of carbonyl (C=O) groups is 2. The lowest BCUT2D eigenvalue weighted by Gasteiger charge is -2.33. The zero-order valence-electron chi connectivity index (χ0n) is 12.2. The van der Waals surface area contributed by atoms with Gasteiger partial charge in [-0.05, 0) is 23.7 Å². The SMILES string of the molecule is COC(=O)C1Sc2[nH]c(=S)sc2C(c2cccs2)C1C(=O)OC. The third kappa shape index (κ3) is 2.98. The Morgan fingerprint density at radius 1 is 1.26 bits per heavy atom. The number of thiazole rings is 1. The maximum absolute atomic E-state index is 12.4. The van der Waals surface area contributed by atoms with Gasteiger partial charge in [0.15, 0.2) is 3.95 Å². The number of hydrogen-bond donors (Lipinski definition) is 1. The van der Waals surface area contributed by atoms with E-state index >= 15 is 0 Å². The fraction of sp³-hybridized carbons (Fsp3) is 0.357. The zero-order chi connectivity index (χ0) is 16.6. The van der Waals surface area contributed by atoms with Crippen molar-refractivity contribution in [1.82, 2.24) is 4.98 Å². The highest BCUT2D eigenvalue weighted by Crippen LogP contribution is 2.51. The van der Waals surface area contributed by atoms with E-state index in [0.29, 0.717) is 3.95 Å². The molecule has 2 aromatic heterocycles. The molecule has 9 heteroatoms. The van der Waals surface area contributed by atoms with Gasteiger partial charge in [0.2, 0.25) is 0 Å². The van der Waals surface area contributed by atoms with Crippen LogP contribution in [0.2, 0.25) is 0 Å². The highest BCUT2D eigenvalue weighted by atomic mass is 32.2. The molecule has 1 aliphatic heterocycles. The molecule has 2 aromatic rings. The highest BCUT2D eigenvalue weighted by Gasteiger charge is 2.48. The van der Waals surface area contributed by atoms with Crippen molar-refractivity contribution in [2.75, 3.05) is 14.2 Å². The Hall–Kier alpha value is -1.16.